The molecule has 4 rings (SSSR count). The molecule has 3 aromatic rings. The zero-order chi connectivity index (χ0) is 28.9. The number of carbonyl (C=O) groups is 2. The van der Waals surface area contributed by atoms with E-state index in [2.05, 4.69) is 4.98 Å². The Morgan fingerprint density at radius 3 is 2.25 bits per heavy atom. The average Bonchev–Trinajstić information content (AvgIpc) is 2.96. The number of sulfonamides is 1. The zero-order valence-electron chi connectivity index (χ0n) is 21.7. The van der Waals surface area contributed by atoms with Crippen molar-refractivity contribution in [1.29, 1.82) is 0 Å². The van der Waals surface area contributed by atoms with E-state index in [0.29, 0.717) is 24.9 Å². The molecule has 2 heterocycles. The second-order valence-electron chi connectivity index (χ2n) is 9.43. The number of carbonyl (C=O) groups excluding carboxylic acids is 2. The number of ether oxygens (including phenoxy) is 1. The standard InChI is InChI=1S/C28H28F3N3O5S/c1-39-27(36)22-6-4-21(5-7-22)18-34(40(37,38)25-10-8-23(9-11-25)28(29,30)31)24-3-2-16-33(19-24)26(35)17-20-12-14-32-15-13-20/h4-15,24H,2-3,16-19H2,1H3. The number of likely N-dealkylation sites (tertiary alicyclic amines) is 1. The predicted octanol–water partition coefficient (Wildman–Crippen LogP) is 4.31. The first-order chi connectivity index (χ1) is 19.0. The molecule has 1 unspecified atom stereocenters. The number of esters is 1. The van der Waals surface area contributed by atoms with Crippen molar-refractivity contribution in [2.45, 2.75) is 42.9 Å². The molecule has 212 valence electrons. The van der Waals surface area contributed by atoms with Crippen LogP contribution in [0, 0.1) is 0 Å². The minimum absolute atomic E-state index is 0.109. The molecule has 1 amide bonds. The van der Waals surface area contributed by atoms with Gasteiger partial charge in [0.2, 0.25) is 15.9 Å². The van der Waals surface area contributed by atoms with Gasteiger partial charge in [0.1, 0.15) is 0 Å². The lowest BCUT2D eigenvalue weighted by Gasteiger charge is -2.39. The molecule has 0 bridgehead atoms. The molecule has 40 heavy (non-hydrogen) atoms. The Morgan fingerprint density at radius 1 is 1.00 bits per heavy atom. The normalized spacial score (nSPS) is 16.1. The van der Waals surface area contributed by atoms with Gasteiger partial charge in [0, 0.05) is 38.1 Å². The van der Waals surface area contributed by atoms with Gasteiger partial charge in [-0.3, -0.25) is 9.78 Å². The van der Waals surface area contributed by atoms with E-state index in [0.717, 1.165) is 29.8 Å². The van der Waals surface area contributed by atoms with Crippen LogP contribution in [-0.2, 0) is 38.7 Å². The fourth-order valence-corrected chi connectivity index (χ4v) is 6.24. The van der Waals surface area contributed by atoms with Gasteiger partial charge in [-0.05, 0) is 72.5 Å². The zero-order valence-corrected chi connectivity index (χ0v) is 22.5. The Bertz CT molecular complexity index is 1430. The number of hydrogen-bond acceptors (Lipinski definition) is 6. The summed E-state index contributed by atoms with van der Waals surface area (Å²) in [6, 6.07) is 12.4. The number of nitrogens with zero attached hydrogens (tertiary/aromatic N) is 3. The van der Waals surface area contributed by atoms with Gasteiger partial charge in [0.05, 0.1) is 29.6 Å². The van der Waals surface area contributed by atoms with Crippen LogP contribution >= 0.6 is 0 Å². The smallest absolute Gasteiger partial charge is 0.416 e. The summed E-state index contributed by atoms with van der Waals surface area (Å²) in [5.41, 5.74) is 0.668. The van der Waals surface area contributed by atoms with Crippen molar-refractivity contribution in [3.05, 3.63) is 95.3 Å². The molecule has 1 aliphatic heterocycles. The lowest BCUT2D eigenvalue weighted by atomic mass is 10.0. The van der Waals surface area contributed by atoms with E-state index in [9.17, 15) is 31.2 Å². The average molecular weight is 576 g/mol. The van der Waals surface area contributed by atoms with E-state index in [1.165, 1.54) is 23.5 Å². The highest BCUT2D eigenvalue weighted by Gasteiger charge is 2.37. The van der Waals surface area contributed by atoms with Gasteiger partial charge in [-0.2, -0.15) is 17.5 Å². The van der Waals surface area contributed by atoms with Crippen molar-refractivity contribution in [3.8, 4) is 0 Å². The number of amides is 1. The summed E-state index contributed by atoms with van der Waals surface area (Å²) in [4.78, 5) is 30.2. The molecular weight excluding hydrogens is 547 g/mol. The Morgan fingerprint density at radius 2 is 1.65 bits per heavy atom. The fraction of sp³-hybridized carbons (Fsp3) is 0.321. The minimum Gasteiger partial charge on any atom is -0.465 e. The monoisotopic (exact) mass is 575 g/mol. The minimum atomic E-state index is -4.61. The highest BCUT2D eigenvalue weighted by atomic mass is 32.2. The number of rotatable bonds is 8. The van der Waals surface area contributed by atoms with Gasteiger partial charge in [0.15, 0.2) is 0 Å². The number of halogens is 3. The van der Waals surface area contributed by atoms with Crippen LogP contribution < -0.4 is 0 Å². The van der Waals surface area contributed by atoms with Crippen LogP contribution in [-0.4, -0.2) is 60.7 Å². The van der Waals surface area contributed by atoms with Crippen LogP contribution in [0.1, 0.15) is 39.9 Å². The quantitative estimate of drug-likeness (QED) is 0.372. The van der Waals surface area contributed by atoms with E-state index < -0.39 is 33.8 Å². The molecule has 1 aromatic heterocycles. The SMILES string of the molecule is COC(=O)c1ccc(CN(C2CCCN(C(=O)Cc3ccncc3)C2)S(=O)(=O)c2ccc(C(F)(F)F)cc2)cc1. The summed E-state index contributed by atoms with van der Waals surface area (Å²) in [6.07, 6.45) is -0.290. The molecular formula is C28H28F3N3O5S. The van der Waals surface area contributed by atoms with E-state index in [-0.39, 0.29) is 35.9 Å². The number of hydrogen-bond donors (Lipinski definition) is 0. The van der Waals surface area contributed by atoms with Crippen LogP contribution in [0.15, 0.2) is 78.0 Å². The topological polar surface area (TPSA) is 96.9 Å². The highest BCUT2D eigenvalue weighted by molar-refractivity contribution is 7.89. The summed E-state index contributed by atoms with van der Waals surface area (Å²) in [5.74, 6) is -0.707. The first-order valence-corrected chi connectivity index (χ1v) is 14.0. The predicted molar refractivity (Wildman–Crippen MR) is 139 cm³/mol. The first-order valence-electron chi connectivity index (χ1n) is 12.5. The summed E-state index contributed by atoms with van der Waals surface area (Å²) in [6.45, 7) is 0.480. The lowest BCUT2D eigenvalue weighted by molar-refractivity contribution is -0.137. The third kappa shape index (κ3) is 6.86. The molecule has 0 spiro atoms. The lowest BCUT2D eigenvalue weighted by Crippen LogP contribution is -2.51. The summed E-state index contributed by atoms with van der Waals surface area (Å²) >= 11 is 0. The van der Waals surface area contributed by atoms with Gasteiger partial charge in [-0.25, -0.2) is 13.2 Å². The summed E-state index contributed by atoms with van der Waals surface area (Å²) in [7, 11) is -3.02. The number of piperidine rings is 1. The van der Waals surface area contributed by atoms with E-state index >= 15 is 0 Å². The molecule has 0 N–H and O–H groups in total. The van der Waals surface area contributed by atoms with Gasteiger partial charge in [0.25, 0.3) is 0 Å². The molecule has 1 atom stereocenters. The van der Waals surface area contributed by atoms with Crippen molar-refractivity contribution in [3.63, 3.8) is 0 Å². The molecule has 12 heteroatoms. The Hall–Kier alpha value is -3.77. The second-order valence-corrected chi connectivity index (χ2v) is 11.3. The molecule has 0 radical (unpaired) electrons. The van der Waals surface area contributed by atoms with Crippen LogP contribution in [0.2, 0.25) is 0 Å². The molecule has 2 aromatic carbocycles. The Balaban J connectivity index is 1.63. The van der Waals surface area contributed by atoms with Crippen LogP contribution in [0.25, 0.3) is 0 Å². The fourth-order valence-electron chi connectivity index (χ4n) is 4.61. The van der Waals surface area contributed by atoms with Crippen LogP contribution in [0.4, 0.5) is 13.2 Å². The molecule has 0 aliphatic carbocycles. The molecule has 1 fully saturated rings. The van der Waals surface area contributed by atoms with Crippen molar-refractivity contribution in [2.75, 3.05) is 20.2 Å². The van der Waals surface area contributed by atoms with Crippen molar-refractivity contribution >= 4 is 21.9 Å². The molecule has 1 saturated heterocycles. The van der Waals surface area contributed by atoms with Crippen molar-refractivity contribution in [2.24, 2.45) is 0 Å². The summed E-state index contributed by atoms with van der Waals surface area (Å²) in [5, 5.41) is 0. The van der Waals surface area contributed by atoms with Crippen molar-refractivity contribution in [1.82, 2.24) is 14.2 Å². The highest BCUT2D eigenvalue weighted by Crippen LogP contribution is 2.32. The third-order valence-corrected chi connectivity index (χ3v) is 8.68. The largest absolute Gasteiger partial charge is 0.465 e. The number of pyridine rings is 1. The number of alkyl halides is 3. The van der Waals surface area contributed by atoms with Gasteiger partial charge in [-0.15, -0.1) is 0 Å². The van der Waals surface area contributed by atoms with Crippen molar-refractivity contribution < 1.29 is 35.9 Å². The number of methoxy groups -OCH3 is 1. The maximum Gasteiger partial charge on any atom is 0.416 e. The first kappa shape index (κ1) is 29.2. The van der Waals surface area contributed by atoms with E-state index in [1.807, 2.05) is 0 Å². The molecule has 1 aliphatic rings. The van der Waals surface area contributed by atoms with Gasteiger partial charge < -0.3 is 9.64 Å². The number of aromatic nitrogens is 1. The molecule has 8 nitrogen and oxygen atoms in total. The Labute approximate surface area is 230 Å². The number of benzene rings is 2. The third-order valence-electron chi connectivity index (χ3n) is 6.76. The van der Waals surface area contributed by atoms with Gasteiger partial charge in [-0.1, -0.05) is 12.1 Å². The molecule has 0 saturated carbocycles. The van der Waals surface area contributed by atoms with Crippen LogP contribution in [0.3, 0.4) is 0 Å². The van der Waals surface area contributed by atoms with E-state index in [1.54, 1.807) is 41.6 Å². The maximum absolute atomic E-state index is 13.8. The summed E-state index contributed by atoms with van der Waals surface area (Å²) < 4.78 is 73.0. The van der Waals surface area contributed by atoms with Crippen LogP contribution in [0.5, 0.6) is 0 Å². The van der Waals surface area contributed by atoms with E-state index in [4.69, 9.17) is 4.74 Å². The van der Waals surface area contributed by atoms with Gasteiger partial charge >= 0.3 is 12.1 Å². The maximum atomic E-state index is 13.8. The second kappa shape index (κ2) is 12.2. The Kier molecular flexibility index (Phi) is 8.89.